The van der Waals surface area contributed by atoms with Crippen LogP contribution in [0.2, 0.25) is 0 Å². The Morgan fingerprint density at radius 2 is 1.08 bits per heavy atom. The topological polar surface area (TPSA) is 0 Å². The van der Waals surface area contributed by atoms with Crippen LogP contribution in [0.3, 0.4) is 0 Å². The third kappa shape index (κ3) is 3620. The van der Waals surface area contributed by atoms with Gasteiger partial charge >= 0.3 is 0 Å². The zero-order chi connectivity index (χ0) is 11.0. The van der Waals surface area contributed by atoms with Crippen LogP contribution in [0, 0.1) is 18.3 Å². The van der Waals surface area contributed by atoms with Gasteiger partial charge in [0.1, 0.15) is 0 Å². The van der Waals surface area contributed by atoms with Gasteiger partial charge in [0.2, 0.25) is 0 Å². The van der Waals surface area contributed by atoms with Gasteiger partial charge in [0, 0.05) is 0 Å². The molecule has 0 radical (unpaired) electrons. The Morgan fingerprint density at radius 3 is 1.08 bits per heavy atom. The first-order chi connectivity index (χ1) is 5.56. The van der Waals surface area contributed by atoms with E-state index < -0.39 is 0 Å². The van der Waals surface area contributed by atoms with Crippen molar-refractivity contribution in [2.75, 3.05) is 0 Å². The Labute approximate surface area is 80.8 Å². The summed E-state index contributed by atoms with van der Waals surface area (Å²) in [7, 11) is 0. The number of terminal acetylenes is 1. The Kier molecular flexibility index (Phi) is 87.2. The third-order valence-corrected chi connectivity index (χ3v) is 0. The highest BCUT2D eigenvalue weighted by atomic mass is 13.7. The van der Waals surface area contributed by atoms with Crippen LogP contribution in [0.25, 0.3) is 0 Å². The molecule has 0 unspecified atom stereocenters. The molecule has 0 aromatic heterocycles. The zero-order valence-electron chi connectivity index (χ0n) is 10.4. The summed E-state index contributed by atoms with van der Waals surface area (Å²) < 4.78 is 0. The fourth-order valence-corrected chi connectivity index (χ4v) is 0. The lowest BCUT2D eigenvalue weighted by Crippen LogP contribution is -1.66. The van der Waals surface area contributed by atoms with E-state index >= 15 is 0 Å². The smallest absolute Gasteiger partial charge is 0.00297 e. The first-order valence-electron chi connectivity index (χ1n) is 4.93. The molecule has 0 aliphatic rings. The van der Waals surface area contributed by atoms with E-state index in [1.807, 2.05) is 13.8 Å². The van der Waals surface area contributed by atoms with Crippen molar-refractivity contribution in [2.24, 2.45) is 5.92 Å². The second kappa shape index (κ2) is 46.4. The van der Waals surface area contributed by atoms with Crippen molar-refractivity contribution in [3.8, 4) is 12.3 Å². The maximum absolute atomic E-state index is 4.60. The van der Waals surface area contributed by atoms with E-state index in [-0.39, 0.29) is 0 Å². The van der Waals surface area contributed by atoms with Crippen LogP contribution >= 0.6 is 0 Å². The molecule has 0 N–H and O–H groups in total. The number of hydrogen-bond donors (Lipinski definition) is 0. The normalized spacial score (nSPS) is 5.67. The van der Waals surface area contributed by atoms with Gasteiger partial charge in [-0.3, -0.25) is 0 Å². The molecule has 0 saturated heterocycles. The SMILES string of the molecule is C#CC.CC.CC(C)C.CCC. The number of rotatable bonds is 0. The van der Waals surface area contributed by atoms with Crippen LogP contribution in [0.5, 0.6) is 0 Å². The molecule has 0 rings (SSSR count). The van der Waals surface area contributed by atoms with E-state index in [4.69, 9.17) is 0 Å². The Hall–Kier alpha value is -0.440. The summed E-state index contributed by atoms with van der Waals surface area (Å²) in [5, 5.41) is 0. The molecule has 0 bridgehead atoms. The Morgan fingerprint density at radius 1 is 1.08 bits per heavy atom. The minimum Gasteiger partial charge on any atom is -0.120 e. The summed E-state index contributed by atoms with van der Waals surface area (Å²) in [4.78, 5) is 0. The van der Waals surface area contributed by atoms with Crippen molar-refractivity contribution in [1.82, 2.24) is 0 Å². The van der Waals surface area contributed by atoms with E-state index in [1.165, 1.54) is 6.42 Å². The molecule has 76 valence electrons. The molecule has 0 amide bonds. The standard InChI is InChI=1S/C4H10.C3H8.C3H4.C2H6/c1-4(2)3;2*1-3-2;1-2/h4H,1-3H3;3H2,1-2H3;1H,2H3;1-2H3. The maximum atomic E-state index is 4.60. The monoisotopic (exact) mass is 172 g/mol. The molecule has 12 heavy (non-hydrogen) atoms. The zero-order valence-corrected chi connectivity index (χ0v) is 10.4. The van der Waals surface area contributed by atoms with Crippen LogP contribution in [0.4, 0.5) is 0 Å². The van der Waals surface area contributed by atoms with Gasteiger partial charge in [0.25, 0.3) is 0 Å². The molecule has 0 aromatic carbocycles. The third-order valence-electron chi connectivity index (χ3n) is 0. The van der Waals surface area contributed by atoms with Crippen molar-refractivity contribution < 1.29 is 0 Å². The van der Waals surface area contributed by atoms with Gasteiger partial charge < -0.3 is 0 Å². The fraction of sp³-hybridized carbons (Fsp3) is 0.833. The molecule has 0 saturated carbocycles. The first-order valence-corrected chi connectivity index (χ1v) is 4.93. The summed E-state index contributed by atoms with van der Waals surface area (Å²) in [6, 6.07) is 0. The largest absolute Gasteiger partial charge is 0.120 e. The van der Waals surface area contributed by atoms with Crippen molar-refractivity contribution >= 4 is 0 Å². The van der Waals surface area contributed by atoms with Gasteiger partial charge in [-0.15, -0.1) is 12.3 Å². The second-order valence-electron chi connectivity index (χ2n) is 2.73. The van der Waals surface area contributed by atoms with E-state index in [2.05, 4.69) is 47.0 Å². The van der Waals surface area contributed by atoms with Crippen molar-refractivity contribution in [3.63, 3.8) is 0 Å². The highest BCUT2D eigenvalue weighted by Gasteiger charge is 1.68. The van der Waals surface area contributed by atoms with Gasteiger partial charge in [0.05, 0.1) is 0 Å². The van der Waals surface area contributed by atoms with E-state index in [1.54, 1.807) is 6.92 Å². The quantitative estimate of drug-likeness (QED) is 0.463. The average molecular weight is 172 g/mol. The molecule has 0 heterocycles. The average Bonchev–Trinajstić information content (AvgIpc) is 1.92. The maximum Gasteiger partial charge on any atom is -0.00297 e. The summed E-state index contributed by atoms with van der Waals surface area (Å²) in [6.07, 6.45) is 5.85. The molecule has 0 atom stereocenters. The molecule has 0 nitrogen and oxygen atoms in total. The predicted octanol–water partition coefficient (Wildman–Crippen LogP) is 4.74. The highest BCUT2D eigenvalue weighted by molar-refractivity contribution is 4.73. The van der Waals surface area contributed by atoms with Gasteiger partial charge in [-0.05, 0) is 12.8 Å². The van der Waals surface area contributed by atoms with E-state index in [0.717, 1.165) is 5.92 Å². The van der Waals surface area contributed by atoms with Crippen molar-refractivity contribution in [3.05, 3.63) is 0 Å². The number of hydrogen-bond acceptors (Lipinski definition) is 0. The van der Waals surface area contributed by atoms with Gasteiger partial charge in [-0.25, -0.2) is 0 Å². The summed E-state index contributed by atoms with van der Waals surface area (Å²) in [6.45, 7) is 16.4. The Bertz CT molecular complexity index is 52.2. The molecule has 0 spiro atoms. The first kappa shape index (κ1) is 22.6. The molecular weight excluding hydrogens is 144 g/mol. The predicted molar refractivity (Wildman–Crippen MR) is 62.3 cm³/mol. The van der Waals surface area contributed by atoms with Crippen LogP contribution in [-0.2, 0) is 0 Å². The van der Waals surface area contributed by atoms with Crippen LogP contribution < -0.4 is 0 Å². The lowest BCUT2D eigenvalue weighted by Gasteiger charge is -1.79. The van der Waals surface area contributed by atoms with E-state index in [0.29, 0.717) is 0 Å². The van der Waals surface area contributed by atoms with Gasteiger partial charge in [0.15, 0.2) is 0 Å². The van der Waals surface area contributed by atoms with E-state index in [9.17, 15) is 0 Å². The molecule has 0 aliphatic carbocycles. The summed E-state index contributed by atoms with van der Waals surface area (Å²) in [5.74, 6) is 3.08. The minimum atomic E-state index is 0.833. The van der Waals surface area contributed by atoms with Crippen LogP contribution in [0.15, 0.2) is 0 Å². The molecule has 0 aromatic rings. The lowest BCUT2D eigenvalue weighted by atomic mass is 10.3. The molecule has 0 fully saturated rings. The second-order valence-corrected chi connectivity index (χ2v) is 2.73. The van der Waals surface area contributed by atoms with Gasteiger partial charge in [-0.1, -0.05) is 54.9 Å². The van der Waals surface area contributed by atoms with Crippen LogP contribution in [-0.4, -0.2) is 0 Å². The molecular formula is C12H28. The van der Waals surface area contributed by atoms with Crippen molar-refractivity contribution in [2.45, 2.75) is 61.8 Å². The molecule has 0 aliphatic heterocycles. The summed E-state index contributed by atoms with van der Waals surface area (Å²) >= 11 is 0. The Balaban J connectivity index is -0.0000000368. The highest BCUT2D eigenvalue weighted by Crippen LogP contribution is 1.81. The van der Waals surface area contributed by atoms with Gasteiger partial charge in [-0.2, -0.15) is 0 Å². The van der Waals surface area contributed by atoms with Crippen LogP contribution in [0.1, 0.15) is 61.8 Å². The summed E-state index contributed by atoms with van der Waals surface area (Å²) in [5.41, 5.74) is 0. The minimum absolute atomic E-state index is 0.833. The fourth-order valence-electron chi connectivity index (χ4n) is 0. The molecule has 0 heteroatoms. The lowest BCUT2D eigenvalue weighted by molar-refractivity contribution is 0.737. The van der Waals surface area contributed by atoms with Crippen molar-refractivity contribution in [1.29, 1.82) is 0 Å².